The lowest BCUT2D eigenvalue weighted by Gasteiger charge is -2.30. The topological polar surface area (TPSA) is 3.24 Å². The van der Waals surface area contributed by atoms with Gasteiger partial charge in [0.15, 0.2) is 0 Å². The standard InChI is InChI=1S/C11H22BrN/c1-9(2)10(3)13(4)8-11(7-12)5-6-11/h9-10H,5-8H2,1-4H3. The molecular weight excluding hydrogens is 226 g/mol. The van der Waals surface area contributed by atoms with E-state index in [2.05, 4.69) is 48.6 Å². The molecule has 1 fully saturated rings. The van der Waals surface area contributed by atoms with Crippen molar-refractivity contribution in [2.24, 2.45) is 11.3 Å². The van der Waals surface area contributed by atoms with Crippen LogP contribution in [0.15, 0.2) is 0 Å². The first-order chi connectivity index (χ1) is 6.01. The van der Waals surface area contributed by atoms with E-state index in [-0.39, 0.29) is 0 Å². The molecule has 0 aromatic heterocycles. The summed E-state index contributed by atoms with van der Waals surface area (Å²) in [5.74, 6) is 0.760. The van der Waals surface area contributed by atoms with Crippen LogP contribution in [0.4, 0.5) is 0 Å². The molecule has 0 radical (unpaired) electrons. The fraction of sp³-hybridized carbons (Fsp3) is 1.00. The number of alkyl halides is 1. The molecule has 0 bridgehead atoms. The molecule has 0 aromatic carbocycles. The van der Waals surface area contributed by atoms with E-state index in [0.29, 0.717) is 11.5 Å². The van der Waals surface area contributed by atoms with Crippen molar-refractivity contribution in [3.63, 3.8) is 0 Å². The predicted molar refractivity (Wildman–Crippen MR) is 62.4 cm³/mol. The third-order valence-electron chi connectivity index (χ3n) is 3.49. The quantitative estimate of drug-likeness (QED) is 0.675. The lowest BCUT2D eigenvalue weighted by molar-refractivity contribution is 0.178. The third-order valence-corrected chi connectivity index (χ3v) is 4.67. The van der Waals surface area contributed by atoms with Crippen molar-refractivity contribution in [1.82, 2.24) is 4.90 Å². The lowest BCUT2D eigenvalue weighted by atomic mass is 10.0. The largest absolute Gasteiger partial charge is 0.303 e. The zero-order valence-corrected chi connectivity index (χ0v) is 10.9. The molecule has 0 aromatic rings. The Balaban J connectivity index is 2.36. The van der Waals surface area contributed by atoms with Crippen LogP contribution in [0.2, 0.25) is 0 Å². The van der Waals surface area contributed by atoms with Crippen LogP contribution in [0.5, 0.6) is 0 Å². The van der Waals surface area contributed by atoms with E-state index >= 15 is 0 Å². The van der Waals surface area contributed by atoms with Gasteiger partial charge in [0.05, 0.1) is 0 Å². The molecule has 2 heteroatoms. The van der Waals surface area contributed by atoms with E-state index in [1.165, 1.54) is 24.7 Å². The van der Waals surface area contributed by atoms with E-state index in [0.717, 1.165) is 5.92 Å². The SMILES string of the molecule is CC(C)C(C)N(C)CC1(CBr)CC1. The molecule has 13 heavy (non-hydrogen) atoms. The summed E-state index contributed by atoms with van der Waals surface area (Å²) < 4.78 is 0. The molecule has 1 rings (SSSR count). The van der Waals surface area contributed by atoms with Gasteiger partial charge in [-0.05, 0) is 38.1 Å². The molecule has 0 saturated heterocycles. The Morgan fingerprint density at radius 1 is 1.31 bits per heavy atom. The molecule has 0 aliphatic heterocycles. The van der Waals surface area contributed by atoms with Gasteiger partial charge in [-0.15, -0.1) is 0 Å². The second-order valence-electron chi connectivity index (χ2n) is 5.03. The fourth-order valence-corrected chi connectivity index (χ4v) is 2.43. The summed E-state index contributed by atoms with van der Waals surface area (Å²) >= 11 is 3.62. The first kappa shape index (κ1) is 11.5. The Morgan fingerprint density at radius 2 is 1.85 bits per heavy atom. The van der Waals surface area contributed by atoms with Gasteiger partial charge >= 0.3 is 0 Å². The average molecular weight is 248 g/mol. The maximum Gasteiger partial charge on any atom is 0.0100 e. The van der Waals surface area contributed by atoms with E-state index < -0.39 is 0 Å². The molecule has 1 atom stereocenters. The monoisotopic (exact) mass is 247 g/mol. The van der Waals surface area contributed by atoms with E-state index in [4.69, 9.17) is 0 Å². The number of hydrogen-bond donors (Lipinski definition) is 0. The van der Waals surface area contributed by atoms with Gasteiger partial charge in [0.2, 0.25) is 0 Å². The van der Waals surface area contributed by atoms with Gasteiger partial charge in [0.1, 0.15) is 0 Å². The number of rotatable bonds is 5. The van der Waals surface area contributed by atoms with Gasteiger partial charge in [-0.25, -0.2) is 0 Å². The zero-order chi connectivity index (χ0) is 10.1. The van der Waals surface area contributed by atoms with Crippen molar-refractivity contribution in [3.8, 4) is 0 Å². The summed E-state index contributed by atoms with van der Waals surface area (Å²) in [7, 11) is 2.26. The van der Waals surface area contributed by atoms with Crippen molar-refractivity contribution in [1.29, 1.82) is 0 Å². The molecule has 78 valence electrons. The Bertz CT molecular complexity index is 163. The summed E-state index contributed by atoms with van der Waals surface area (Å²) in [5.41, 5.74) is 0.623. The van der Waals surface area contributed by atoms with Crippen LogP contribution in [0.1, 0.15) is 33.6 Å². The highest BCUT2D eigenvalue weighted by Crippen LogP contribution is 2.47. The molecule has 1 saturated carbocycles. The van der Waals surface area contributed by atoms with Crippen molar-refractivity contribution >= 4 is 15.9 Å². The minimum absolute atomic E-state index is 0.623. The van der Waals surface area contributed by atoms with Crippen LogP contribution in [-0.2, 0) is 0 Å². The molecule has 1 aliphatic carbocycles. The lowest BCUT2D eigenvalue weighted by Crippen LogP contribution is -2.37. The Labute approximate surface area is 91.0 Å². The summed E-state index contributed by atoms with van der Waals surface area (Å²) in [6, 6.07) is 0.705. The molecule has 0 spiro atoms. The second-order valence-corrected chi connectivity index (χ2v) is 5.59. The normalized spacial score (nSPS) is 22.4. The molecular formula is C11H22BrN. The van der Waals surface area contributed by atoms with Crippen LogP contribution in [-0.4, -0.2) is 29.9 Å². The summed E-state index contributed by atoms with van der Waals surface area (Å²) in [6.07, 6.45) is 2.82. The highest BCUT2D eigenvalue weighted by Gasteiger charge is 2.42. The zero-order valence-electron chi connectivity index (χ0n) is 9.31. The van der Waals surface area contributed by atoms with Gasteiger partial charge in [-0.3, -0.25) is 0 Å². The maximum atomic E-state index is 3.62. The molecule has 1 unspecified atom stereocenters. The first-order valence-corrected chi connectivity index (χ1v) is 6.39. The Morgan fingerprint density at radius 3 is 2.15 bits per heavy atom. The van der Waals surface area contributed by atoms with E-state index in [9.17, 15) is 0 Å². The van der Waals surface area contributed by atoms with Crippen LogP contribution in [0.3, 0.4) is 0 Å². The first-order valence-electron chi connectivity index (χ1n) is 5.27. The van der Waals surface area contributed by atoms with Crippen LogP contribution in [0.25, 0.3) is 0 Å². The Hall–Kier alpha value is 0.440. The molecule has 1 nitrogen and oxygen atoms in total. The van der Waals surface area contributed by atoms with Crippen molar-refractivity contribution < 1.29 is 0 Å². The highest BCUT2D eigenvalue weighted by atomic mass is 79.9. The van der Waals surface area contributed by atoms with Gasteiger partial charge < -0.3 is 4.90 Å². The summed E-state index contributed by atoms with van der Waals surface area (Å²) in [6.45, 7) is 8.19. The highest BCUT2D eigenvalue weighted by molar-refractivity contribution is 9.09. The minimum Gasteiger partial charge on any atom is -0.303 e. The average Bonchev–Trinajstić information content (AvgIpc) is 2.84. The fourth-order valence-electron chi connectivity index (χ4n) is 1.69. The summed E-state index contributed by atoms with van der Waals surface area (Å²) in [5, 5.41) is 1.18. The van der Waals surface area contributed by atoms with Crippen LogP contribution < -0.4 is 0 Å². The minimum atomic E-state index is 0.623. The van der Waals surface area contributed by atoms with Gasteiger partial charge in [-0.2, -0.15) is 0 Å². The van der Waals surface area contributed by atoms with Gasteiger partial charge in [-0.1, -0.05) is 29.8 Å². The predicted octanol–water partition coefficient (Wildman–Crippen LogP) is 3.14. The van der Waals surface area contributed by atoms with E-state index in [1.54, 1.807) is 0 Å². The number of nitrogens with zero attached hydrogens (tertiary/aromatic N) is 1. The third kappa shape index (κ3) is 2.95. The molecule has 0 amide bonds. The maximum absolute atomic E-state index is 3.62. The van der Waals surface area contributed by atoms with Crippen molar-refractivity contribution in [2.75, 3.05) is 18.9 Å². The number of halogens is 1. The summed E-state index contributed by atoms with van der Waals surface area (Å²) in [4.78, 5) is 2.51. The van der Waals surface area contributed by atoms with E-state index in [1.807, 2.05) is 0 Å². The van der Waals surface area contributed by atoms with Crippen LogP contribution >= 0.6 is 15.9 Å². The second kappa shape index (κ2) is 4.31. The van der Waals surface area contributed by atoms with Gasteiger partial charge in [0.25, 0.3) is 0 Å². The molecule has 0 heterocycles. The Kier molecular flexibility index (Phi) is 3.82. The smallest absolute Gasteiger partial charge is 0.0100 e. The molecule has 1 aliphatic rings. The van der Waals surface area contributed by atoms with Gasteiger partial charge in [0, 0.05) is 17.9 Å². The van der Waals surface area contributed by atoms with Crippen molar-refractivity contribution in [3.05, 3.63) is 0 Å². The van der Waals surface area contributed by atoms with Crippen molar-refractivity contribution in [2.45, 2.75) is 39.7 Å². The number of hydrogen-bond acceptors (Lipinski definition) is 1. The van der Waals surface area contributed by atoms with Crippen LogP contribution in [0, 0.1) is 11.3 Å². The molecule has 0 N–H and O–H groups in total.